The van der Waals surface area contributed by atoms with Gasteiger partial charge in [0.25, 0.3) is 0 Å². The molecule has 1 rings (SSSR count). The summed E-state index contributed by atoms with van der Waals surface area (Å²) in [5, 5.41) is 20.5. The van der Waals surface area contributed by atoms with Gasteiger partial charge in [-0.05, 0) is 17.7 Å². The van der Waals surface area contributed by atoms with Crippen molar-refractivity contribution in [2.24, 2.45) is 5.16 Å². The number of oxime groups is 1. The van der Waals surface area contributed by atoms with Crippen LogP contribution in [0, 0.1) is 0 Å². The van der Waals surface area contributed by atoms with Gasteiger partial charge in [0, 0.05) is 16.5 Å². The summed E-state index contributed by atoms with van der Waals surface area (Å²) in [5.74, 6) is -1.29. The molecule has 1 aromatic carbocycles. The first-order valence-corrected chi connectivity index (χ1v) is 4.68. The third kappa shape index (κ3) is 3.11. The molecular weight excluding hydrogens is 241 g/mol. The van der Waals surface area contributed by atoms with Crippen molar-refractivity contribution >= 4 is 34.9 Å². The number of rotatable bonds is 3. The van der Waals surface area contributed by atoms with Crippen molar-refractivity contribution in [1.29, 1.82) is 0 Å². The van der Waals surface area contributed by atoms with Gasteiger partial charge < -0.3 is 10.3 Å². The Labute approximate surface area is 95.7 Å². The van der Waals surface area contributed by atoms with E-state index in [0.29, 0.717) is 15.6 Å². The summed E-state index contributed by atoms with van der Waals surface area (Å²) in [6, 6.07) is 4.66. The lowest BCUT2D eigenvalue weighted by Gasteiger charge is -2.03. The maximum absolute atomic E-state index is 10.6. The molecule has 0 saturated heterocycles. The largest absolute Gasteiger partial charge is 0.477 e. The topological polar surface area (TPSA) is 69.9 Å². The summed E-state index contributed by atoms with van der Waals surface area (Å²) >= 11 is 11.5. The molecule has 0 heterocycles. The summed E-state index contributed by atoms with van der Waals surface area (Å²) in [6.07, 6.45) is -0.0537. The summed E-state index contributed by atoms with van der Waals surface area (Å²) < 4.78 is 0. The number of halogens is 2. The zero-order valence-electron chi connectivity index (χ0n) is 7.44. The molecule has 0 aliphatic carbocycles. The first kappa shape index (κ1) is 11.8. The van der Waals surface area contributed by atoms with Crippen molar-refractivity contribution in [3.8, 4) is 0 Å². The van der Waals surface area contributed by atoms with E-state index in [4.69, 9.17) is 33.5 Å². The fourth-order valence-electron chi connectivity index (χ4n) is 0.999. The lowest BCUT2D eigenvalue weighted by molar-refractivity contribution is -0.129. The Balaban J connectivity index is 2.94. The molecule has 0 aliphatic heterocycles. The van der Waals surface area contributed by atoms with Crippen LogP contribution in [-0.2, 0) is 11.2 Å². The molecule has 6 heteroatoms. The normalized spacial score (nSPS) is 11.5. The summed E-state index contributed by atoms with van der Waals surface area (Å²) in [7, 11) is 0. The highest BCUT2D eigenvalue weighted by molar-refractivity contribution is 6.38. The van der Waals surface area contributed by atoms with E-state index in [1.54, 1.807) is 12.1 Å². The minimum Gasteiger partial charge on any atom is -0.477 e. The maximum Gasteiger partial charge on any atom is 0.354 e. The lowest BCUT2D eigenvalue weighted by atomic mass is 10.1. The van der Waals surface area contributed by atoms with Crippen molar-refractivity contribution in [1.82, 2.24) is 0 Å². The smallest absolute Gasteiger partial charge is 0.354 e. The molecule has 15 heavy (non-hydrogen) atoms. The predicted octanol–water partition coefficient (Wildman–Crippen LogP) is 2.45. The molecule has 0 amide bonds. The van der Waals surface area contributed by atoms with Crippen molar-refractivity contribution in [3.63, 3.8) is 0 Å². The monoisotopic (exact) mass is 247 g/mol. The molecule has 0 aliphatic rings. The standard InChI is InChI=1S/C9H7Cl2NO3/c10-6-2-1-5(7(11)4-6)3-8(12-15)9(13)14/h1-2,4,15H,3H2,(H,13,14). The highest BCUT2D eigenvalue weighted by Crippen LogP contribution is 2.21. The zero-order chi connectivity index (χ0) is 11.4. The molecule has 80 valence electrons. The van der Waals surface area contributed by atoms with Gasteiger partial charge in [-0.3, -0.25) is 0 Å². The fourth-order valence-corrected chi connectivity index (χ4v) is 1.47. The van der Waals surface area contributed by atoms with Crippen LogP contribution in [0.1, 0.15) is 5.56 Å². The van der Waals surface area contributed by atoms with Crippen LogP contribution in [0.15, 0.2) is 23.4 Å². The van der Waals surface area contributed by atoms with Crippen LogP contribution in [0.5, 0.6) is 0 Å². The van der Waals surface area contributed by atoms with E-state index in [9.17, 15) is 4.79 Å². The van der Waals surface area contributed by atoms with E-state index in [2.05, 4.69) is 5.16 Å². The Morgan fingerprint density at radius 1 is 1.40 bits per heavy atom. The van der Waals surface area contributed by atoms with Crippen molar-refractivity contribution in [2.45, 2.75) is 6.42 Å². The highest BCUT2D eigenvalue weighted by Gasteiger charge is 2.13. The fraction of sp³-hybridized carbons (Fsp3) is 0.111. The predicted molar refractivity (Wildman–Crippen MR) is 57.0 cm³/mol. The second-order valence-corrected chi connectivity index (χ2v) is 3.61. The van der Waals surface area contributed by atoms with Gasteiger partial charge in [-0.25, -0.2) is 4.79 Å². The van der Waals surface area contributed by atoms with Crippen LogP contribution in [0.25, 0.3) is 0 Å². The summed E-state index contributed by atoms with van der Waals surface area (Å²) in [6.45, 7) is 0. The number of carboxylic acid groups (broad SMARTS) is 1. The second kappa shape index (κ2) is 5.00. The molecule has 1 aromatic rings. The Bertz CT molecular complexity index is 418. The number of aliphatic carboxylic acids is 1. The maximum atomic E-state index is 10.6. The molecule has 4 nitrogen and oxygen atoms in total. The Morgan fingerprint density at radius 3 is 2.53 bits per heavy atom. The van der Waals surface area contributed by atoms with E-state index in [1.807, 2.05) is 0 Å². The van der Waals surface area contributed by atoms with Crippen LogP contribution < -0.4 is 0 Å². The molecular formula is C9H7Cl2NO3. The molecule has 0 unspecified atom stereocenters. The summed E-state index contributed by atoms with van der Waals surface area (Å²) in [4.78, 5) is 10.6. The Kier molecular flexibility index (Phi) is 3.94. The summed E-state index contributed by atoms with van der Waals surface area (Å²) in [5.41, 5.74) is 0.162. The van der Waals surface area contributed by atoms with Gasteiger partial charge >= 0.3 is 5.97 Å². The van der Waals surface area contributed by atoms with Crippen LogP contribution in [-0.4, -0.2) is 22.0 Å². The van der Waals surface area contributed by atoms with Crippen molar-refractivity contribution < 1.29 is 15.1 Å². The van der Waals surface area contributed by atoms with E-state index < -0.39 is 5.97 Å². The van der Waals surface area contributed by atoms with Crippen LogP contribution >= 0.6 is 23.2 Å². The average Bonchev–Trinajstić information content (AvgIpc) is 2.16. The molecule has 0 atom stereocenters. The minimum atomic E-state index is -1.29. The molecule has 0 bridgehead atoms. The molecule has 2 N–H and O–H groups in total. The SMILES string of the molecule is O=C(O)C(Cc1ccc(Cl)cc1Cl)=NO. The zero-order valence-corrected chi connectivity index (χ0v) is 8.96. The second-order valence-electron chi connectivity index (χ2n) is 2.76. The third-order valence-corrected chi connectivity index (χ3v) is 2.33. The number of hydrogen-bond donors (Lipinski definition) is 2. The van der Waals surface area contributed by atoms with Crippen LogP contribution in [0.2, 0.25) is 10.0 Å². The first-order valence-electron chi connectivity index (χ1n) is 3.92. The van der Waals surface area contributed by atoms with E-state index in [-0.39, 0.29) is 12.1 Å². The van der Waals surface area contributed by atoms with Gasteiger partial charge in [0.1, 0.15) is 0 Å². The van der Waals surface area contributed by atoms with Gasteiger partial charge in [0.2, 0.25) is 0 Å². The Hall–Kier alpha value is -1.26. The number of nitrogens with zero attached hydrogens (tertiary/aromatic N) is 1. The third-order valence-electron chi connectivity index (χ3n) is 1.74. The Morgan fingerprint density at radius 2 is 2.07 bits per heavy atom. The molecule has 0 fully saturated rings. The van der Waals surface area contributed by atoms with Gasteiger partial charge in [-0.1, -0.05) is 34.4 Å². The van der Waals surface area contributed by atoms with Crippen LogP contribution in [0.3, 0.4) is 0 Å². The van der Waals surface area contributed by atoms with Gasteiger partial charge in [0.15, 0.2) is 5.71 Å². The van der Waals surface area contributed by atoms with Crippen LogP contribution in [0.4, 0.5) is 0 Å². The average molecular weight is 248 g/mol. The number of carboxylic acids is 1. The van der Waals surface area contributed by atoms with E-state index >= 15 is 0 Å². The highest BCUT2D eigenvalue weighted by atomic mass is 35.5. The quantitative estimate of drug-likeness (QED) is 0.490. The van der Waals surface area contributed by atoms with Gasteiger partial charge in [-0.15, -0.1) is 0 Å². The number of carbonyl (C=O) groups is 1. The first-order chi connectivity index (χ1) is 7.04. The molecule has 0 spiro atoms. The van der Waals surface area contributed by atoms with Gasteiger partial charge in [-0.2, -0.15) is 0 Å². The number of hydrogen-bond acceptors (Lipinski definition) is 3. The molecule has 0 saturated carbocycles. The molecule has 0 aromatic heterocycles. The lowest BCUT2D eigenvalue weighted by Crippen LogP contribution is -2.16. The number of benzene rings is 1. The van der Waals surface area contributed by atoms with Gasteiger partial charge in [0.05, 0.1) is 0 Å². The minimum absolute atomic E-state index is 0.0537. The van der Waals surface area contributed by atoms with Crippen molar-refractivity contribution in [3.05, 3.63) is 33.8 Å². The molecule has 0 radical (unpaired) electrons. The van der Waals surface area contributed by atoms with E-state index in [0.717, 1.165) is 0 Å². The van der Waals surface area contributed by atoms with Crippen molar-refractivity contribution in [2.75, 3.05) is 0 Å². The van der Waals surface area contributed by atoms with E-state index in [1.165, 1.54) is 6.07 Å².